The third-order valence-electron chi connectivity index (χ3n) is 3.62. The van der Waals surface area contributed by atoms with Crippen LogP contribution in [0.3, 0.4) is 0 Å². The second-order valence-corrected chi connectivity index (χ2v) is 4.79. The molecule has 0 radical (unpaired) electrons. The molecule has 98 valence electrons. The molecule has 19 heavy (non-hydrogen) atoms. The fourth-order valence-corrected chi connectivity index (χ4v) is 2.39. The molecular formula is C15H17N3O. The summed E-state index contributed by atoms with van der Waals surface area (Å²) in [6.45, 7) is 4.50. The molecule has 1 saturated heterocycles. The molecule has 2 aromatic rings. The molecule has 0 spiro atoms. The molecule has 0 unspecified atom stereocenters. The Labute approximate surface area is 112 Å². The number of aromatic nitrogens is 1. The third kappa shape index (κ3) is 2.19. The summed E-state index contributed by atoms with van der Waals surface area (Å²) in [5, 5.41) is 4.26. The van der Waals surface area contributed by atoms with E-state index in [-0.39, 0.29) is 5.91 Å². The lowest BCUT2D eigenvalue weighted by molar-refractivity contribution is 0.0624. The van der Waals surface area contributed by atoms with Crippen LogP contribution >= 0.6 is 0 Å². The SMILES string of the molecule is CCN(C(=O)c1ccc2ccccc2n1)C1CNC1. The van der Waals surface area contributed by atoms with Crippen LogP contribution in [0.25, 0.3) is 10.9 Å². The Morgan fingerprint density at radius 2 is 2.11 bits per heavy atom. The summed E-state index contributed by atoms with van der Waals surface area (Å²) in [5.74, 6) is 0.0275. The Morgan fingerprint density at radius 3 is 2.79 bits per heavy atom. The first-order valence-corrected chi connectivity index (χ1v) is 6.67. The summed E-state index contributed by atoms with van der Waals surface area (Å²) >= 11 is 0. The first-order valence-electron chi connectivity index (χ1n) is 6.67. The predicted molar refractivity (Wildman–Crippen MR) is 75.1 cm³/mol. The number of nitrogens with one attached hydrogen (secondary N) is 1. The number of hydrogen-bond acceptors (Lipinski definition) is 3. The van der Waals surface area contributed by atoms with Gasteiger partial charge in [0.25, 0.3) is 5.91 Å². The molecule has 0 aliphatic carbocycles. The van der Waals surface area contributed by atoms with E-state index in [0.29, 0.717) is 11.7 Å². The van der Waals surface area contributed by atoms with Crippen LogP contribution in [0.4, 0.5) is 0 Å². The highest BCUT2D eigenvalue weighted by Crippen LogP contribution is 2.15. The highest BCUT2D eigenvalue weighted by Gasteiger charge is 2.28. The van der Waals surface area contributed by atoms with Gasteiger partial charge in [0.15, 0.2) is 0 Å². The van der Waals surface area contributed by atoms with E-state index in [0.717, 1.165) is 30.5 Å². The van der Waals surface area contributed by atoms with Gasteiger partial charge in [0.1, 0.15) is 5.69 Å². The van der Waals surface area contributed by atoms with Crippen LogP contribution < -0.4 is 5.32 Å². The number of benzene rings is 1. The van der Waals surface area contributed by atoms with Crippen molar-refractivity contribution in [2.24, 2.45) is 0 Å². The highest BCUT2D eigenvalue weighted by molar-refractivity contribution is 5.95. The Bertz CT molecular complexity index is 607. The number of carbonyl (C=O) groups is 1. The van der Waals surface area contributed by atoms with Gasteiger partial charge in [-0.2, -0.15) is 0 Å². The van der Waals surface area contributed by atoms with Crippen molar-refractivity contribution >= 4 is 16.8 Å². The smallest absolute Gasteiger partial charge is 0.272 e. The zero-order valence-corrected chi connectivity index (χ0v) is 11.0. The van der Waals surface area contributed by atoms with Crippen molar-refractivity contribution in [2.45, 2.75) is 13.0 Å². The summed E-state index contributed by atoms with van der Waals surface area (Å²) in [6, 6.07) is 11.9. The zero-order chi connectivity index (χ0) is 13.2. The minimum Gasteiger partial charge on any atom is -0.332 e. The summed E-state index contributed by atoms with van der Waals surface area (Å²) < 4.78 is 0. The van der Waals surface area contributed by atoms with Crippen LogP contribution in [0, 0.1) is 0 Å². The van der Waals surface area contributed by atoms with Crippen LogP contribution in [-0.2, 0) is 0 Å². The van der Waals surface area contributed by atoms with Crippen molar-refractivity contribution in [3.63, 3.8) is 0 Å². The molecule has 4 heteroatoms. The number of carbonyl (C=O) groups excluding carboxylic acids is 1. The molecule has 1 aliphatic rings. The summed E-state index contributed by atoms with van der Waals surface area (Å²) in [4.78, 5) is 18.9. The van der Waals surface area contributed by atoms with Gasteiger partial charge in [-0.15, -0.1) is 0 Å². The lowest BCUT2D eigenvalue weighted by Gasteiger charge is -2.37. The van der Waals surface area contributed by atoms with E-state index in [2.05, 4.69) is 10.3 Å². The molecule has 1 N–H and O–H groups in total. The quantitative estimate of drug-likeness (QED) is 0.907. The first kappa shape index (κ1) is 12.1. The predicted octanol–water partition coefficient (Wildman–Crippen LogP) is 1.67. The third-order valence-corrected chi connectivity index (χ3v) is 3.62. The standard InChI is InChI=1S/C15H17N3O/c1-2-18(12-9-16-10-12)15(19)14-8-7-11-5-3-4-6-13(11)17-14/h3-8,12,16H,2,9-10H2,1H3. The minimum absolute atomic E-state index is 0.0275. The van der Waals surface area contributed by atoms with Crippen LogP contribution in [-0.4, -0.2) is 41.5 Å². The largest absolute Gasteiger partial charge is 0.332 e. The number of hydrogen-bond donors (Lipinski definition) is 1. The summed E-state index contributed by atoms with van der Waals surface area (Å²) in [5.41, 5.74) is 1.41. The van der Waals surface area contributed by atoms with Crippen molar-refractivity contribution < 1.29 is 4.79 Å². The average Bonchev–Trinajstić information content (AvgIpc) is 2.41. The molecule has 3 rings (SSSR count). The topological polar surface area (TPSA) is 45.2 Å². The van der Waals surface area contributed by atoms with Gasteiger partial charge < -0.3 is 10.2 Å². The average molecular weight is 255 g/mol. The molecule has 4 nitrogen and oxygen atoms in total. The number of rotatable bonds is 3. The zero-order valence-electron chi connectivity index (χ0n) is 11.0. The molecule has 1 aromatic carbocycles. The van der Waals surface area contributed by atoms with Gasteiger partial charge in [-0.25, -0.2) is 4.98 Å². The van der Waals surface area contributed by atoms with Crippen molar-refractivity contribution in [1.82, 2.24) is 15.2 Å². The lowest BCUT2D eigenvalue weighted by atomic mass is 10.1. The van der Waals surface area contributed by atoms with E-state index in [1.54, 1.807) is 0 Å². The maximum absolute atomic E-state index is 12.5. The Morgan fingerprint density at radius 1 is 1.32 bits per heavy atom. The number of nitrogens with zero attached hydrogens (tertiary/aromatic N) is 2. The maximum atomic E-state index is 12.5. The molecule has 1 aliphatic heterocycles. The van der Waals surface area contributed by atoms with Crippen LogP contribution in [0.1, 0.15) is 17.4 Å². The van der Waals surface area contributed by atoms with Crippen molar-refractivity contribution in [3.05, 3.63) is 42.1 Å². The van der Waals surface area contributed by atoms with Crippen molar-refractivity contribution in [3.8, 4) is 0 Å². The fourth-order valence-electron chi connectivity index (χ4n) is 2.39. The molecule has 1 aromatic heterocycles. The molecule has 0 atom stereocenters. The fraction of sp³-hybridized carbons (Fsp3) is 0.333. The maximum Gasteiger partial charge on any atom is 0.272 e. The van der Waals surface area contributed by atoms with Gasteiger partial charge >= 0.3 is 0 Å². The van der Waals surface area contributed by atoms with Crippen molar-refractivity contribution in [1.29, 1.82) is 0 Å². The Balaban J connectivity index is 1.91. The number of amides is 1. The van der Waals surface area contributed by atoms with E-state index in [9.17, 15) is 4.79 Å². The van der Waals surface area contributed by atoms with E-state index in [1.807, 2.05) is 48.2 Å². The molecular weight excluding hydrogens is 238 g/mol. The number of fused-ring (bicyclic) bond motifs is 1. The molecule has 1 fully saturated rings. The van der Waals surface area contributed by atoms with Gasteiger partial charge in [-0.05, 0) is 19.1 Å². The van der Waals surface area contributed by atoms with Gasteiger partial charge in [-0.3, -0.25) is 4.79 Å². The van der Waals surface area contributed by atoms with E-state index < -0.39 is 0 Å². The monoisotopic (exact) mass is 255 g/mol. The van der Waals surface area contributed by atoms with Crippen LogP contribution in [0.15, 0.2) is 36.4 Å². The number of pyridine rings is 1. The summed E-state index contributed by atoms with van der Waals surface area (Å²) in [6.07, 6.45) is 0. The number of likely N-dealkylation sites (N-methyl/N-ethyl adjacent to an activating group) is 1. The van der Waals surface area contributed by atoms with Crippen LogP contribution in [0.2, 0.25) is 0 Å². The van der Waals surface area contributed by atoms with Gasteiger partial charge in [-0.1, -0.05) is 24.3 Å². The second-order valence-electron chi connectivity index (χ2n) is 4.79. The molecule has 0 saturated carbocycles. The summed E-state index contributed by atoms with van der Waals surface area (Å²) in [7, 11) is 0. The minimum atomic E-state index is 0.0275. The highest BCUT2D eigenvalue weighted by atomic mass is 16.2. The van der Waals surface area contributed by atoms with Crippen molar-refractivity contribution in [2.75, 3.05) is 19.6 Å². The molecule has 2 heterocycles. The van der Waals surface area contributed by atoms with Gasteiger partial charge in [0, 0.05) is 25.0 Å². The van der Waals surface area contributed by atoms with Gasteiger partial charge in [0.05, 0.1) is 11.6 Å². The second kappa shape index (κ2) is 4.97. The van der Waals surface area contributed by atoms with E-state index in [4.69, 9.17) is 0 Å². The molecule has 0 bridgehead atoms. The first-order chi connectivity index (χ1) is 9.29. The van der Waals surface area contributed by atoms with E-state index in [1.165, 1.54) is 0 Å². The normalized spacial score (nSPS) is 15.2. The number of para-hydroxylation sites is 1. The molecule has 1 amide bonds. The Hall–Kier alpha value is -1.94. The Kier molecular flexibility index (Phi) is 3.17. The van der Waals surface area contributed by atoms with Gasteiger partial charge in [0.2, 0.25) is 0 Å². The van der Waals surface area contributed by atoms with E-state index >= 15 is 0 Å². The van der Waals surface area contributed by atoms with Crippen LogP contribution in [0.5, 0.6) is 0 Å². The lowest BCUT2D eigenvalue weighted by Crippen LogP contribution is -2.58.